The van der Waals surface area contributed by atoms with Crippen molar-refractivity contribution in [2.45, 2.75) is 70.1 Å². The van der Waals surface area contributed by atoms with Crippen molar-refractivity contribution in [1.29, 1.82) is 0 Å². The van der Waals surface area contributed by atoms with Gasteiger partial charge in [0.2, 0.25) is 0 Å². The topological polar surface area (TPSA) is 55.6 Å². The van der Waals surface area contributed by atoms with Crippen LogP contribution in [0.25, 0.3) is 0 Å². The zero-order valence-electron chi connectivity index (χ0n) is 11.2. The number of piperidine rings is 1. The minimum Gasteiger partial charge on any atom is -0.444 e. The van der Waals surface area contributed by atoms with Crippen molar-refractivity contribution in [3.05, 3.63) is 0 Å². The predicted octanol–water partition coefficient (Wildman–Crippen LogP) is 2.27. The zero-order chi connectivity index (χ0) is 12.7. The van der Waals surface area contributed by atoms with E-state index in [1.54, 1.807) is 0 Å². The van der Waals surface area contributed by atoms with Gasteiger partial charge in [0, 0.05) is 12.1 Å². The summed E-state index contributed by atoms with van der Waals surface area (Å²) in [6, 6.07) is 0.186. The van der Waals surface area contributed by atoms with Gasteiger partial charge in [-0.25, -0.2) is 4.79 Å². The maximum Gasteiger partial charge on any atom is 0.410 e. The lowest BCUT2D eigenvalue weighted by Crippen LogP contribution is -2.55. The van der Waals surface area contributed by atoms with E-state index in [0.29, 0.717) is 0 Å². The van der Waals surface area contributed by atoms with Gasteiger partial charge in [-0.05, 0) is 52.9 Å². The normalized spacial score (nSPS) is 27.8. The van der Waals surface area contributed by atoms with Crippen molar-refractivity contribution in [3.63, 3.8) is 0 Å². The second-order valence-corrected chi connectivity index (χ2v) is 6.42. The molecule has 0 radical (unpaired) electrons. The van der Waals surface area contributed by atoms with E-state index in [-0.39, 0.29) is 17.7 Å². The van der Waals surface area contributed by atoms with Gasteiger partial charge in [0.05, 0.1) is 6.04 Å². The number of hydrogen-bond donors (Lipinski definition) is 1. The van der Waals surface area contributed by atoms with Gasteiger partial charge in [0.25, 0.3) is 0 Å². The summed E-state index contributed by atoms with van der Waals surface area (Å²) in [7, 11) is 0. The van der Waals surface area contributed by atoms with E-state index in [1.165, 1.54) is 6.42 Å². The Kier molecular flexibility index (Phi) is 3.10. The highest BCUT2D eigenvalue weighted by Gasteiger charge is 2.50. The van der Waals surface area contributed by atoms with Crippen LogP contribution in [0.4, 0.5) is 4.79 Å². The Hall–Kier alpha value is -0.770. The fourth-order valence-electron chi connectivity index (χ4n) is 2.55. The lowest BCUT2D eigenvalue weighted by atomic mass is 9.94. The molecule has 1 atom stereocenters. The first-order chi connectivity index (χ1) is 7.82. The second-order valence-electron chi connectivity index (χ2n) is 6.42. The summed E-state index contributed by atoms with van der Waals surface area (Å²) in [4.78, 5) is 14.0. The van der Waals surface area contributed by atoms with Crippen LogP contribution in [0.3, 0.4) is 0 Å². The van der Waals surface area contributed by atoms with Crippen molar-refractivity contribution in [2.75, 3.05) is 6.54 Å². The quantitative estimate of drug-likeness (QED) is 0.765. The van der Waals surface area contributed by atoms with Gasteiger partial charge in [0.15, 0.2) is 0 Å². The van der Waals surface area contributed by atoms with Crippen LogP contribution in [0.5, 0.6) is 0 Å². The number of carbonyl (C=O) groups is 1. The molecule has 0 aromatic rings. The van der Waals surface area contributed by atoms with Crippen LogP contribution in [0.2, 0.25) is 0 Å². The van der Waals surface area contributed by atoms with E-state index < -0.39 is 5.60 Å². The largest absolute Gasteiger partial charge is 0.444 e. The molecule has 1 saturated carbocycles. The molecule has 0 aromatic heterocycles. The third-order valence-corrected chi connectivity index (χ3v) is 3.62. The summed E-state index contributed by atoms with van der Waals surface area (Å²) in [5.74, 6) is 0. The number of amides is 1. The van der Waals surface area contributed by atoms with Crippen LogP contribution < -0.4 is 5.73 Å². The molecule has 2 rings (SSSR count). The molecule has 1 amide bonds. The van der Waals surface area contributed by atoms with E-state index in [0.717, 1.165) is 32.2 Å². The van der Waals surface area contributed by atoms with Crippen LogP contribution in [-0.2, 0) is 4.74 Å². The van der Waals surface area contributed by atoms with Crippen LogP contribution in [0, 0.1) is 0 Å². The number of nitrogens with two attached hydrogens (primary N) is 1. The molecule has 1 aliphatic heterocycles. The van der Waals surface area contributed by atoms with E-state index in [1.807, 2.05) is 25.7 Å². The minimum atomic E-state index is -0.426. The van der Waals surface area contributed by atoms with Gasteiger partial charge in [-0.1, -0.05) is 0 Å². The zero-order valence-corrected chi connectivity index (χ0v) is 11.2. The molecule has 1 unspecified atom stereocenters. The minimum absolute atomic E-state index is 0.128. The molecule has 98 valence electrons. The molecular weight excluding hydrogens is 216 g/mol. The van der Waals surface area contributed by atoms with E-state index >= 15 is 0 Å². The number of hydrogen-bond acceptors (Lipinski definition) is 3. The summed E-state index contributed by atoms with van der Waals surface area (Å²) in [5, 5.41) is 0. The summed E-state index contributed by atoms with van der Waals surface area (Å²) < 4.78 is 5.46. The molecule has 2 fully saturated rings. The monoisotopic (exact) mass is 240 g/mol. The Morgan fingerprint density at radius 2 is 2.00 bits per heavy atom. The summed E-state index contributed by atoms with van der Waals surface area (Å²) in [5.41, 5.74) is 5.71. The maximum absolute atomic E-state index is 12.1. The smallest absolute Gasteiger partial charge is 0.410 e. The van der Waals surface area contributed by atoms with E-state index in [2.05, 4.69) is 0 Å². The predicted molar refractivity (Wildman–Crippen MR) is 66.7 cm³/mol. The van der Waals surface area contributed by atoms with Gasteiger partial charge in [0.1, 0.15) is 5.60 Å². The lowest BCUT2D eigenvalue weighted by molar-refractivity contribution is 0.00507. The highest BCUT2D eigenvalue weighted by Crippen LogP contribution is 2.42. The number of rotatable bonds is 1. The summed E-state index contributed by atoms with van der Waals surface area (Å²) >= 11 is 0. The first-order valence-corrected chi connectivity index (χ1v) is 6.60. The Morgan fingerprint density at radius 1 is 1.35 bits per heavy atom. The van der Waals surface area contributed by atoms with Gasteiger partial charge in [-0.2, -0.15) is 0 Å². The summed E-state index contributed by atoms with van der Waals surface area (Å²) in [6.07, 6.45) is 5.14. The van der Waals surface area contributed by atoms with Gasteiger partial charge >= 0.3 is 6.09 Å². The number of carbonyl (C=O) groups excluding carboxylic acids is 1. The molecule has 2 aliphatic rings. The SMILES string of the molecule is CC(C)(C)OC(=O)N1CCCCC1C1(N)CC1. The molecule has 2 N–H and O–H groups in total. The number of ether oxygens (including phenoxy) is 1. The molecule has 0 bridgehead atoms. The number of likely N-dealkylation sites (tertiary alicyclic amines) is 1. The van der Waals surface area contributed by atoms with Crippen LogP contribution in [0.15, 0.2) is 0 Å². The van der Waals surface area contributed by atoms with Crippen LogP contribution >= 0.6 is 0 Å². The fraction of sp³-hybridized carbons (Fsp3) is 0.923. The summed E-state index contributed by atoms with van der Waals surface area (Å²) in [6.45, 7) is 6.50. The van der Waals surface area contributed by atoms with Crippen molar-refractivity contribution >= 4 is 6.09 Å². The highest BCUT2D eigenvalue weighted by atomic mass is 16.6. The molecule has 0 aromatic carbocycles. The van der Waals surface area contributed by atoms with Crippen molar-refractivity contribution in [3.8, 4) is 0 Å². The maximum atomic E-state index is 12.1. The molecule has 1 saturated heterocycles. The lowest BCUT2D eigenvalue weighted by Gasteiger charge is -2.40. The molecule has 1 aliphatic carbocycles. The number of nitrogens with zero attached hydrogens (tertiary/aromatic N) is 1. The van der Waals surface area contributed by atoms with Crippen molar-refractivity contribution in [1.82, 2.24) is 4.90 Å². The van der Waals surface area contributed by atoms with Crippen LogP contribution in [0.1, 0.15) is 52.9 Å². The third-order valence-electron chi connectivity index (χ3n) is 3.62. The molecular formula is C13H24N2O2. The molecule has 0 spiro atoms. The Labute approximate surface area is 103 Å². The Morgan fingerprint density at radius 3 is 2.53 bits per heavy atom. The van der Waals surface area contributed by atoms with Crippen LogP contribution in [-0.4, -0.2) is 34.7 Å². The molecule has 17 heavy (non-hydrogen) atoms. The Balaban J connectivity index is 2.03. The fourth-order valence-corrected chi connectivity index (χ4v) is 2.55. The van der Waals surface area contributed by atoms with Crippen molar-refractivity contribution < 1.29 is 9.53 Å². The molecule has 4 heteroatoms. The average Bonchev–Trinajstić information content (AvgIpc) is 2.95. The Bertz CT molecular complexity index is 305. The van der Waals surface area contributed by atoms with Crippen molar-refractivity contribution in [2.24, 2.45) is 5.73 Å². The highest BCUT2D eigenvalue weighted by molar-refractivity contribution is 5.69. The standard InChI is InChI=1S/C13H24N2O2/c1-12(2,3)17-11(16)15-9-5-4-6-10(15)13(14)7-8-13/h10H,4-9,14H2,1-3H3. The van der Waals surface area contributed by atoms with Gasteiger partial charge < -0.3 is 15.4 Å². The first-order valence-electron chi connectivity index (χ1n) is 6.60. The average molecular weight is 240 g/mol. The first kappa shape index (κ1) is 12.7. The van der Waals surface area contributed by atoms with E-state index in [4.69, 9.17) is 10.5 Å². The molecule has 4 nitrogen and oxygen atoms in total. The molecule has 1 heterocycles. The second kappa shape index (κ2) is 4.16. The third kappa shape index (κ3) is 2.92. The van der Waals surface area contributed by atoms with Gasteiger partial charge in [-0.15, -0.1) is 0 Å². The van der Waals surface area contributed by atoms with Gasteiger partial charge in [-0.3, -0.25) is 0 Å². The van der Waals surface area contributed by atoms with E-state index in [9.17, 15) is 4.79 Å².